The molecule has 1 aliphatic carbocycles. The van der Waals surface area contributed by atoms with Crippen molar-refractivity contribution in [1.82, 2.24) is 10.2 Å². The average Bonchev–Trinajstić information content (AvgIpc) is 2.86. The summed E-state index contributed by atoms with van der Waals surface area (Å²) in [4.78, 5) is 2.50. The topological polar surface area (TPSA) is 39.1 Å². The molecule has 1 fully saturated rings. The van der Waals surface area contributed by atoms with Gasteiger partial charge in [-0.2, -0.15) is 5.26 Å². The highest BCUT2D eigenvalue weighted by Crippen LogP contribution is 2.22. The van der Waals surface area contributed by atoms with Gasteiger partial charge in [0.05, 0.1) is 6.07 Å². The van der Waals surface area contributed by atoms with Crippen molar-refractivity contribution in [2.75, 3.05) is 26.7 Å². The molecule has 0 aromatic heterocycles. The Balaban J connectivity index is 2.08. The van der Waals surface area contributed by atoms with Gasteiger partial charge in [0, 0.05) is 32.1 Å². The lowest BCUT2D eigenvalue weighted by Crippen LogP contribution is -2.38. The molecule has 0 aromatic rings. The van der Waals surface area contributed by atoms with E-state index in [1.807, 2.05) is 0 Å². The molecular formula is C15H29N3. The van der Waals surface area contributed by atoms with Crippen molar-refractivity contribution >= 4 is 0 Å². The van der Waals surface area contributed by atoms with Crippen LogP contribution in [0.15, 0.2) is 0 Å². The minimum atomic E-state index is 0.238. The van der Waals surface area contributed by atoms with Gasteiger partial charge < -0.3 is 10.2 Å². The first-order chi connectivity index (χ1) is 8.55. The Kier molecular flexibility index (Phi) is 6.67. The van der Waals surface area contributed by atoms with Crippen LogP contribution in [0.4, 0.5) is 0 Å². The third-order valence-corrected chi connectivity index (χ3v) is 4.11. The molecule has 1 N–H and O–H groups in total. The van der Waals surface area contributed by atoms with E-state index in [9.17, 15) is 0 Å². The third-order valence-electron chi connectivity index (χ3n) is 4.11. The lowest BCUT2D eigenvalue weighted by atomic mass is 9.88. The third kappa shape index (κ3) is 5.84. The lowest BCUT2D eigenvalue weighted by Gasteiger charge is -2.27. The summed E-state index contributed by atoms with van der Waals surface area (Å²) in [6, 6.07) is 3.05. The summed E-state index contributed by atoms with van der Waals surface area (Å²) in [5, 5.41) is 12.2. The van der Waals surface area contributed by atoms with Gasteiger partial charge in [0.2, 0.25) is 0 Å². The maximum atomic E-state index is 8.62. The van der Waals surface area contributed by atoms with Gasteiger partial charge in [-0.1, -0.05) is 26.7 Å². The van der Waals surface area contributed by atoms with Crippen LogP contribution in [0.25, 0.3) is 0 Å². The van der Waals surface area contributed by atoms with E-state index in [-0.39, 0.29) is 5.41 Å². The summed E-state index contributed by atoms with van der Waals surface area (Å²) >= 11 is 0. The molecule has 18 heavy (non-hydrogen) atoms. The molecule has 104 valence electrons. The number of nitrogens with one attached hydrogen (secondary N) is 1. The van der Waals surface area contributed by atoms with E-state index in [2.05, 4.69) is 37.2 Å². The van der Waals surface area contributed by atoms with E-state index in [1.165, 1.54) is 25.7 Å². The molecular weight excluding hydrogens is 222 g/mol. The van der Waals surface area contributed by atoms with Gasteiger partial charge in [0.25, 0.3) is 0 Å². The van der Waals surface area contributed by atoms with Crippen molar-refractivity contribution in [3.05, 3.63) is 0 Å². The number of hydrogen-bond donors (Lipinski definition) is 1. The molecule has 0 aliphatic heterocycles. The van der Waals surface area contributed by atoms with Crippen LogP contribution < -0.4 is 5.32 Å². The van der Waals surface area contributed by atoms with E-state index in [0.717, 1.165) is 32.1 Å². The summed E-state index contributed by atoms with van der Waals surface area (Å²) in [6.07, 6.45) is 7.22. The van der Waals surface area contributed by atoms with Crippen molar-refractivity contribution in [3.63, 3.8) is 0 Å². The zero-order valence-corrected chi connectivity index (χ0v) is 12.3. The van der Waals surface area contributed by atoms with Crippen molar-refractivity contribution in [3.8, 4) is 6.07 Å². The van der Waals surface area contributed by atoms with Gasteiger partial charge in [0.15, 0.2) is 0 Å². The van der Waals surface area contributed by atoms with Crippen LogP contribution in [0.5, 0.6) is 0 Å². The zero-order chi connectivity index (χ0) is 13.4. The Morgan fingerprint density at radius 2 is 2.00 bits per heavy atom. The lowest BCUT2D eigenvalue weighted by molar-refractivity contribution is 0.237. The Morgan fingerprint density at radius 3 is 2.61 bits per heavy atom. The van der Waals surface area contributed by atoms with Crippen LogP contribution in [-0.4, -0.2) is 37.6 Å². The SMILES string of the molecule is CN(CCNCC(C)(C)CCC#N)C1CCCC1. The highest BCUT2D eigenvalue weighted by atomic mass is 15.1. The molecule has 1 aliphatic rings. The molecule has 0 saturated heterocycles. The minimum Gasteiger partial charge on any atom is -0.315 e. The van der Waals surface area contributed by atoms with Gasteiger partial charge >= 0.3 is 0 Å². The highest BCUT2D eigenvalue weighted by Gasteiger charge is 2.20. The predicted molar refractivity (Wildman–Crippen MR) is 76.4 cm³/mol. The number of likely N-dealkylation sites (N-methyl/N-ethyl adjacent to an activating group) is 1. The largest absolute Gasteiger partial charge is 0.315 e. The van der Waals surface area contributed by atoms with Crippen molar-refractivity contribution in [1.29, 1.82) is 5.26 Å². The standard InChI is InChI=1S/C15H29N3/c1-15(2,9-6-10-16)13-17-11-12-18(3)14-7-4-5-8-14/h14,17H,4-9,11-13H2,1-3H3. The van der Waals surface area contributed by atoms with Crippen molar-refractivity contribution in [2.45, 2.75) is 58.4 Å². The predicted octanol–water partition coefficient (Wildman–Crippen LogP) is 2.78. The van der Waals surface area contributed by atoms with Gasteiger partial charge in [-0.3, -0.25) is 0 Å². The first kappa shape index (κ1) is 15.5. The summed E-state index contributed by atoms with van der Waals surface area (Å²) in [6.45, 7) is 7.67. The molecule has 0 heterocycles. The molecule has 3 nitrogen and oxygen atoms in total. The average molecular weight is 251 g/mol. The summed E-state index contributed by atoms with van der Waals surface area (Å²) in [7, 11) is 2.25. The molecule has 0 unspecified atom stereocenters. The maximum absolute atomic E-state index is 8.62. The summed E-state index contributed by atoms with van der Waals surface area (Å²) < 4.78 is 0. The fourth-order valence-corrected chi connectivity index (χ4v) is 2.69. The highest BCUT2D eigenvalue weighted by molar-refractivity contribution is 4.79. The number of nitriles is 1. The normalized spacial score (nSPS) is 17.3. The molecule has 0 bridgehead atoms. The molecule has 0 amide bonds. The first-order valence-electron chi connectivity index (χ1n) is 7.33. The Morgan fingerprint density at radius 1 is 1.33 bits per heavy atom. The Labute approximate surface area is 113 Å². The Bertz CT molecular complexity index is 261. The monoisotopic (exact) mass is 251 g/mol. The van der Waals surface area contributed by atoms with Crippen LogP contribution in [0, 0.1) is 16.7 Å². The molecule has 0 atom stereocenters. The Hall–Kier alpha value is -0.590. The second-order valence-corrected chi connectivity index (χ2v) is 6.42. The number of nitrogens with zero attached hydrogens (tertiary/aromatic N) is 2. The number of hydrogen-bond acceptors (Lipinski definition) is 3. The second kappa shape index (κ2) is 7.76. The first-order valence-corrected chi connectivity index (χ1v) is 7.33. The van der Waals surface area contributed by atoms with Gasteiger partial charge in [0.1, 0.15) is 0 Å². The quantitative estimate of drug-likeness (QED) is 0.674. The van der Waals surface area contributed by atoms with E-state index in [0.29, 0.717) is 6.42 Å². The molecule has 0 radical (unpaired) electrons. The van der Waals surface area contributed by atoms with Gasteiger partial charge in [-0.05, 0) is 31.7 Å². The molecule has 0 spiro atoms. The summed E-state index contributed by atoms with van der Waals surface area (Å²) in [5.41, 5.74) is 0.238. The van der Waals surface area contributed by atoms with E-state index < -0.39 is 0 Å². The summed E-state index contributed by atoms with van der Waals surface area (Å²) in [5.74, 6) is 0. The minimum absolute atomic E-state index is 0.238. The van der Waals surface area contributed by atoms with Crippen LogP contribution in [0.2, 0.25) is 0 Å². The van der Waals surface area contributed by atoms with Crippen LogP contribution in [0.1, 0.15) is 52.4 Å². The van der Waals surface area contributed by atoms with Crippen LogP contribution in [-0.2, 0) is 0 Å². The van der Waals surface area contributed by atoms with Crippen molar-refractivity contribution in [2.24, 2.45) is 5.41 Å². The second-order valence-electron chi connectivity index (χ2n) is 6.42. The zero-order valence-electron chi connectivity index (χ0n) is 12.3. The number of rotatable bonds is 8. The van der Waals surface area contributed by atoms with Crippen LogP contribution in [0.3, 0.4) is 0 Å². The fourth-order valence-electron chi connectivity index (χ4n) is 2.69. The van der Waals surface area contributed by atoms with E-state index in [4.69, 9.17) is 5.26 Å². The molecule has 1 rings (SSSR count). The fraction of sp³-hybridized carbons (Fsp3) is 0.933. The van der Waals surface area contributed by atoms with Crippen LogP contribution >= 0.6 is 0 Å². The molecule has 1 saturated carbocycles. The van der Waals surface area contributed by atoms with Gasteiger partial charge in [-0.25, -0.2) is 0 Å². The van der Waals surface area contributed by atoms with E-state index >= 15 is 0 Å². The van der Waals surface area contributed by atoms with E-state index in [1.54, 1.807) is 0 Å². The van der Waals surface area contributed by atoms with Crippen molar-refractivity contribution < 1.29 is 0 Å². The smallest absolute Gasteiger partial charge is 0.0621 e. The molecule has 0 aromatic carbocycles. The molecule has 3 heteroatoms. The van der Waals surface area contributed by atoms with Gasteiger partial charge in [-0.15, -0.1) is 0 Å². The maximum Gasteiger partial charge on any atom is 0.0621 e.